The molecule has 64 valence electrons. The number of rotatable bonds is 1. The van der Waals surface area contributed by atoms with Crippen LogP contribution in [0.3, 0.4) is 0 Å². The molecule has 1 aliphatic rings. The second-order valence-electron chi connectivity index (χ2n) is 3.30. The standard InChI is InChI=1S/C10H12FN/c1-7-6-8(11)2-3-9(7)10-4-5-12-10/h2-3,6,10,12H,4-5H2,1H3/t10-/m1/s1. The molecule has 0 spiro atoms. The summed E-state index contributed by atoms with van der Waals surface area (Å²) in [6.45, 7) is 3.04. The fourth-order valence-corrected chi connectivity index (χ4v) is 1.58. The Hall–Kier alpha value is -0.890. The van der Waals surface area contributed by atoms with Crippen LogP contribution in [0, 0.1) is 12.7 Å². The molecule has 12 heavy (non-hydrogen) atoms. The van der Waals surface area contributed by atoms with E-state index >= 15 is 0 Å². The van der Waals surface area contributed by atoms with Gasteiger partial charge in [-0.2, -0.15) is 0 Å². The zero-order chi connectivity index (χ0) is 8.55. The highest BCUT2D eigenvalue weighted by Crippen LogP contribution is 2.25. The Labute approximate surface area is 71.6 Å². The summed E-state index contributed by atoms with van der Waals surface area (Å²) >= 11 is 0. The van der Waals surface area contributed by atoms with Gasteiger partial charge in [-0.15, -0.1) is 0 Å². The van der Waals surface area contributed by atoms with Gasteiger partial charge in [-0.25, -0.2) is 4.39 Å². The van der Waals surface area contributed by atoms with E-state index in [-0.39, 0.29) is 5.82 Å². The minimum absolute atomic E-state index is 0.143. The van der Waals surface area contributed by atoms with E-state index in [1.54, 1.807) is 6.07 Å². The summed E-state index contributed by atoms with van der Waals surface area (Å²) in [6, 6.07) is 5.46. The van der Waals surface area contributed by atoms with Gasteiger partial charge in [0.25, 0.3) is 0 Å². The number of aryl methyl sites for hydroxylation is 1. The first-order valence-electron chi connectivity index (χ1n) is 4.27. The van der Waals surface area contributed by atoms with Crippen LogP contribution >= 0.6 is 0 Å². The maximum absolute atomic E-state index is 12.7. The average molecular weight is 165 g/mol. The third kappa shape index (κ3) is 1.23. The molecule has 1 saturated heterocycles. The van der Waals surface area contributed by atoms with Crippen LogP contribution in [0.15, 0.2) is 18.2 Å². The number of hydrogen-bond acceptors (Lipinski definition) is 1. The van der Waals surface area contributed by atoms with Crippen LogP contribution < -0.4 is 5.32 Å². The molecule has 0 amide bonds. The molecule has 1 aliphatic heterocycles. The number of nitrogens with one attached hydrogen (secondary N) is 1. The van der Waals surface area contributed by atoms with Crippen LogP contribution in [0.5, 0.6) is 0 Å². The van der Waals surface area contributed by atoms with Crippen LogP contribution in [0.4, 0.5) is 4.39 Å². The molecule has 1 atom stereocenters. The lowest BCUT2D eigenvalue weighted by Crippen LogP contribution is -2.35. The van der Waals surface area contributed by atoms with Crippen molar-refractivity contribution in [2.45, 2.75) is 19.4 Å². The van der Waals surface area contributed by atoms with E-state index in [0.29, 0.717) is 6.04 Å². The van der Waals surface area contributed by atoms with Crippen molar-refractivity contribution in [3.63, 3.8) is 0 Å². The van der Waals surface area contributed by atoms with Gasteiger partial charge in [0.2, 0.25) is 0 Å². The van der Waals surface area contributed by atoms with E-state index < -0.39 is 0 Å². The highest BCUT2D eigenvalue weighted by molar-refractivity contribution is 5.30. The molecule has 0 aromatic heterocycles. The van der Waals surface area contributed by atoms with Crippen LogP contribution in [-0.2, 0) is 0 Å². The Morgan fingerprint density at radius 3 is 2.75 bits per heavy atom. The van der Waals surface area contributed by atoms with E-state index in [0.717, 1.165) is 12.1 Å². The summed E-state index contributed by atoms with van der Waals surface area (Å²) in [5.41, 5.74) is 2.29. The minimum atomic E-state index is -0.143. The third-order valence-corrected chi connectivity index (χ3v) is 2.43. The number of hydrogen-bond donors (Lipinski definition) is 1. The van der Waals surface area contributed by atoms with Crippen molar-refractivity contribution in [1.82, 2.24) is 5.32 Å². The SMILES string of the molecule is Cc1cc(F)ccc1[C@H]1CCN1. The van der Waals surface area contributed by atoms with Gasteiger partial charge in [-0.1, -0.05) is 6.07 Å². The van der Waals surface area contributed by atoms with Crippen LogP contribution in [-0.4, -0.2) is 6.54 Å². The molecule has 1 N–H and O–H groups in total. The Morgan fingerprint density at radius 2 is 2.25 bits per heavy atom. The lowest BCUT2D eigenvalue weighted by Gasteiger charge is -2.29. The van der Waals surface area contributed by atoms with Crippen LogP contribution in [0.25, 0.3) is 0 Å². The lowest BCUT2D eigenvalue weighted by molar-refractivity contribution is 0.381. The van der Waals surface area contributed by atoms with E-state index in [1.807, 2.05) is 13.0 Å². The molecule has 2 heteroatoms. The molecule has 0 saturated carbocycles. The highest BCUT2D eigenvalue weighted by Gasteiger charge is 2.19. The minimum Gasteiger partial charge on any atom is -0.310 e. The molecule has 0 bridgehead atoms. The van der Waals surface area contributed by atoms with Gasteiger partial charge < -0.3 is 5.32 Å². The first-order valence-corrected chi connectivity index (χ1v) is 4.27. The smallest absolute Gasteiger partial charge is 0.123 e. The maximum Gasteiger partial charge on any atom is 0.123 e. The van der Waals surface area contributed by atoms with Gasteiger partial charge in [0.15, 0.2) is 0 Å². The lowest BCUT2D eigenvalue weighted by atomic mass is 9.94. The first kappa shape index (κ1) is 7.74. The van der Waals surface area contributed by atoms with E-state index in [1.165, 1.54) is 18.1 Å². The molecule has 1 heterocycles. The Morgan fingerprint density at radius 1 is 1.50 bits per heavy atom. The quantitative estimate of drug-likeness (QED) is 0.672. The fourth-order valence-electron chi connectivity index (χ4n) is 1.58. The zero-order valence-corrected chi connectivity index (χ0v) is 7.10. The third-order valence-electron chi connectivity index (χ3n) is 2.43. The normalized spacial score (nSPS) is 22.0. The van der Waals surface area contributed by atoms with Crippen LogP contribution in [0.2, 0.25) is 0 Å². The van der Waals surface area contributed by atoms with E-state index in [4.69, 9.17) is 0 Å². The van der Waals surface area contributed by atoms with Gasteiger partial charge >= 0.3 is 0 Å². The summed E-state index contributed by atoms with van der Waals surface area (Å²) in [4.78, 5) is 0. The predicted octanol–water partition coefficient (Wildman–Crippen LogP) is 2.17. The molecule has 1 aromatic carbocycles. The first-order chi connectivity index (χ1) is 5.77. The summed E-state index contributed by atoms with van der Waals surface area (Å²) in [6.07, 6.45) is 1.17. The van der Waals surface area contributed by atoms with Gasteiger partial charge in [0.1, 0.15) is 5.82 Å². The van der Waals surface area contributed by atoms with E-state index in [9.17, 15) is 4.39 Å². The topological polar surface area (TPSA) is 12.0 Å². The van der Waals surface area contributed by atoms with Crippen molar-refractivity contribution in [3.05, 3.63) is 35.1 Å². The van der Waals surface area contributed by atoms with Gasteiger partial charge in [0, 0.05) is 6.04 Å². The van der Waals surface area contributed by atoms with Gasteiger partial charge in [-0.3, -0.25) is 0 Å². The van der Waals surface area contributed by atoms with Gasteiger partial charge in [-0.05, 0) is 43.1 Å². The van der Waals surface area contributed by atoms with Crippen molar-refractivity contribution in [3.8, 4) is 0 Å². The zero-order valence-electron chi connectivity index (χ0n) is 7.10. The summed E-state index contributed by atoms with van der Waals surface area (Å²) in [5.74, 6) is -0.143. The Bertz CT molecular complexity index is 292. The van der Waals surface area contributed by atoms with Crippen molar-refractivity contribution < 1.29 is 4.39 Å². The molecule has 2 rings (SSSR count). The fraction of sp³-hybridized carbons (Fsp3) is 0.400. The van der Waals surface area contributed by atoms with Crippen molar-refractivity contribution in [2.75, 3.05) is 6.54 Å². The molecule has 1 fully saturated rings. The molecule has 0 unspecified atom stereocenters. The highest BCUT2D eigenvalue weighted by atomic mass is 19.1. The Kier molecular flexibility index (Phi) is 1.85. The molecular weight excluding hydrogens is 153 g/mol. The monoisotopic (exact) mass is 165 g/mol. The van der Waals surface area contributed by atoms with Crippen molar-refractivity contribution in [2.24, 2.45) is 0 Å². The molecule has 0 radical (unpaired) electrons. The van der Waals surface area contributed by atoms with Crippen molar-refractivity contribution in [1.29, 1.82) is 0 Å². The Balaban J connectivity index is 2.31. The molecular formula is C10H12FN. The summed E-state index contributed by atoms with van der Waals surface area (Å²) < 4.78 is 12.7. The van der Waals surface area contributed by atoms with Crippen molar-refractivity contribution >= 4 is 0 Å². The largest absolute Gasteiger partial charge is 0.310 e. The van der Waals surface area contributed by atoms with E-state index in [2.05, 4.69) is 5.32 Å². The summed E-state index contributed by atoms with van der Waals surface area (Å²) in [5, 5.41) is 3.30. The maximum atomic E-state index is 12.7. The molecule has 0 aliphatic carbocycles. The summed E-state index contributed by atoms with van der Waals surface area (Å²) in [7, 11) is 0. The number of benzene rings is 1. The number of halogens is 1. The molecule has 1 aromatic rings. The predicted molar refractivity (Wildman–Crippen MR) is 46.5 cm³/mol. The second-order valence-corrected chi connectivity index (χ2v) is 3.30. The van der Waals surface area contributed by atoms with Crippen LogP contribution in [0.1, 0.15) is 23.6 Å². The average Bonchev–Trinajstić information content (AvgIpc) is 1.91. The van der Waals surface area contributed by atoms with Gasteiger partial charge in [0.05, 0.1) is 0 Å². The second kappa shape index (κ2) is 2.87. The molecule has 1 nitrogen and oxygen atoms in total.